The van der Waals surface area contributed by atoms with E-state index in [0.717, 1.165) is 5.56 Å². The van der Waals surface area contributed by atoms with Crippen LogP contribution in [0.15, 0.2) is 36.7 Å². The molecule has 4 N–H and O–H groups in total. The summed E-state index contributed by atoms with van der Waals surface area (Å²) in [7, 11) is 0. The van der Waals surface area contributed by atoms with Crippen LogP contribution in [0.25, 0.3) is 0 Å². The van der Waals surface area contributed by atoms with Crippen LogP contribution in [0, 0.1) is 0 Å². The highest BCUT2D eigenvalue weighted by atomic mass is 35.5. The Bertz CT molecular complexity index is 573. The molecular weight excluding hydrogens is 266 g/mol. The smallest absolute Gasteiger partial charge is 0.271 e. The predicted molar refractivity (Wildman–Crippen MR) is 72.5 cm³/mol. The molecule has 0 atom stereocenters. The molecule has 0 bridgehead atoms. The average Bonchev–Trinajstić information content (AvgIpc) is 2.45. The summed E-state index contributed by atoms with van der Waals surface area (Å²) >= 11 is 5.86. The SMILES string of the molecule is NNc1cnc(C(=O)NCc2cccc(Cl)c2)cn1. The molecule has 0 saturated carbocycles. The maximum atomic E-state index is 11.8. The molecule has 0 aliphatic heterocycles. The Morgan fingerprint density at radius 2 is 2.16 bits per heavy atom. The van der Waals surface area contributed by atoms with E-state index >= 15 is 0 Å². The second-order valence-corrected chi connectivity index (χ2v) is 4.18. The number of hydrogen-bond donors (Lipinski definition) is 3. The minimum absolute atomic E-state index is 0.223. The lowest BCUT2D eigenvalue weighted by molar-refractivity contribution is 0.0945. The zero-order valence-electron chi connectivity index (χ0n) is 9.93. The average molecular weight is 278 g/mol. The summed E-state index contributed by atoms with van der Waals surface area (Å²) < 4.78 is 0. The second kappa shape index (κ2) is 6.12. The molecule has 0 unspecified atom stereocenters. The maximum Gasteiger partial charge on any atom is 0.271 e. The van der Waals surface area contributed by atoms with Gasteiger partial charge in [0.2, 0.25) is 0 Å². The van der Waals surface area contributed by atoms with Crippen LogP contribution in [-0.2, 0) is 6.54 Å². The minimum Gasteiger partial charge on any atom is -0.347 e. The number of nitrogens with two attached hydrogens (primary N) is 1. The molecule has 1 amide bonds. The summed E-state index contributed by atoms with van der Waals surface area (Å²) in [6.45, 7) is 0.373. The quantitative estimate of drug-likeness (QED) is 0.579. The Kier molecular flexibility index (Phi) is 4.27. The predicted octanol–water partition coefficient (Wildman–Crippen LogP) is 1.35. The van der Waals surface area contributed by atoms with Gasteiger partial charge in [-0.3, -0.25) is 4.79 Å². The van der Waals surface area contributed by atoms with E-state index in [0.29, 0.717) is 17.4 Å². The van der Waals surface area contributed by atoms with Crippen LogP contribution >= 0.6 is 11.6 Å². The zero-order valence-corrected chi connectivity index (χ0v) is 10.7. The number of aromatic nitrogens is 2. The van der Waals surface area contributed by atoms with Gasteiger partial charge < -0.3 is 10.7 Å². The van der Waals surface area contributed by atoms with Gasteiger partial charge in [0.1, 0.15) is 5.69 Å². The summed E-state index contributed by atoms with van der Waals surface area (Å²) in [5, 5.41) is 3.36. The third-order valence-electron chi connectivity index (χ3n) is 2.37. The molecule has 1 heterocycles. The lowest BCUT2D eigenvalue weighted by Gasteiger charge is -2.05. The molecule has 1 aromatic heterocycles. The number of halogens is 1. The van der Waals surface area contributed by atoms with Crippen LogP contribution < -0.4 is 16.6 Å². The van der Waals surface area contributed by atoms with Gasteiger partial charge in [0.15, 0.2) is 5.82 Å². The van der Waals surface area contributed by atoms with E-state index in [1.54, 1.807) is 12.1 Å². The van der Waals surface area contributed by atoms with Crippen molar-refractivity contribution >= 4 is 23.3 Å². The van der Waals surface area contributed by atoms with E-state index in [1.165, 1.54) is 12.4 Å². The van der Waals surface area contributed by atoms with Crippen LogP contribution in [0.5, 0.6) is 0 Å². The van der Waals surface area contributed by atoms with Crippen molar-refractivity contribution < 1.29 is 4.79 Å². The van der Waals surface area contributed by atoms with Gasteiger partial charge >= 0.3 is 0 Å². The first-order valence-electron chi connectivity index (χ1n) is 5.50. The highest BCUT2D eigenvalue weighted by molar-refractivity contribution is 6.30. The molecule has 2 aromatic rings. The number of carbonyl (C=O) groups excluding carboxylic acids is 1. The van der Waals surface area contributed by atoms with Crippen molar-refractivity contribution in [2.45, 2.75) is 6.54 Å². The van der Waals surface area contributed by atoms with Crippen LogP contribution in [0.3, 0.4) is 0 Å². The standard InChI is InChI=1S/C12H12ClN5O/c13-9-3-1-2-8(4-9)5-17-12(19)10-6-16-11(18-14)7-15-10/h1-4,6-7H,5,14H2,(H,16,18)(H,17,19). The number of nitrogens with one attached hydrogen (secondary N) is 2. The van der Waals surface area contributed by atoms with Gasteiger partial charge in [-0.25, -0.2) is 15.8 Å². The second-order valence-electron chi connectivity index (χ2n) is 3.74. The van der Waals surface area contributed by atoms with Crippen LogP contribution in [0.2, 0.25) is 5.02 Å². The molecule has 2 rings (SSSR count). The van der Waals surface area contributed by atoms with E-state index in [-0.39, 0.29) is 11.6 Å². The van der Waals surface area contributed by atoms with Gasteiger partial charge in [-0.1, -0.05) is 23.7 Å². The fourth-order valence-corrected chi connectivity index (χ4v) is 1.65. The minimum atomic E-state index is -0.309. The first-order valence-corrected chi connectivity index (χ1v) is 5.88. The number of benzene rings is 1. The maximum absolute atomic E-state index is 11.8. The molecular formula is C12H12ClN5O. The zero-order chi connectivity index (χ0) is 13.7. The van der Waals surface area contributed by atoms with Crippen molar-refractivity contribution in [2.24, 2.45) is 5.84 Å². The molecule has 0 aliphatic rings. The van der Waals surface area contributed by atoms with E-state index in [9.17, 15) is 4.79 Å². The van der Waals surface area contributed by atoms with Crippen LogP contribution in [-0.4, -0.2) is 15.9 Å². The van der Waals surface area contributed by atoms with Crippen molar-refractivity contribution in [1.29, 1.82) is 0 Å². The van der Waals surface area contributed by atoms with Crippen LogP contribution in [0.4, 0.5) is 5.82 Å². The topological polar surface area (TPSA) is 92.9 Å². The van der Waals surface area contributed by atoms with E-state index in [4.69, 9.17) is 17.4 Å². The Hall–Kier alpha value is -2.18. The first-order chi connectivity index (χ1) is 9.19. The van der Waals surface area contributed by atoms with Crippen LogP contribution in [0.1, 0.15) is 16.1 Å². The number of hydrogen-bond acceptors (Lipinski definition) is 5. The molecule has 7 heteroatoms. The Labute approximate surface area is 115 Å². The first kappa shape index (κ1) is 13.3. The largest absolute Gasteiger partial charge is 0.347 e. The molecule has 19 heavy (non-hydrogen) atoms. The third-order valence-corrected chi connectivity index (χ3v) is 2.61. The Balaban J connectivity index is 1.97. The lowest BCUT2D eigenvalue weighted by Crippen LogP contribution is -2.24. The molecule has 0 radical (unpaired) electrons. The van der Waals surface area contributed by atoms with E-state index < -0.39 is 0 Å². The summed E-state index contributed by atoms with van der Waals surface area (Å²) in [4.78, 5) is 19.6. The molecule has 0 aliphatic carbocycles. The number of nitrogen functional groups attached to an aromatic ring is 1. The summed E-state index contributed by atoms with van der Waals surface area (Å²) in [6, 6.07) is 7.26. The van der Waals surface area contributed by atoms with Gasteiger partial charge in [0.05, 0.1) is 12.4 Å². The Morgan fingerprint density at radius 3 is 2.79 bits per heavy atom. The van der Waals surface area contributed by atoms with Gasteiger partial charge in [-0.15, -0.1) is 0 Å². The fraction of sp³-hybridized carbons (Fsp3) is 0.0833. The van der Waals surface area contributed by atoms with Crippen molar-refractivity contribution in [3.8, 4) is 0 Å². The van der Waals surface area contributed by atoms with Gasteiger partial charge in [-0.05, 0) is 17.7 Å². The molecule has 0 saturated heterocycles. The highest BCUT2D eigenvalue weighted by Crippen LogP contribution is 2.10. The lowest BCUT2D eigenvalue weighted by atomic mass is 10.2. The van der Waals surface area contributed by atoms with Crippen molar-refractivity contribution in [3.05, 3.63) is 52.9 Å². The summed E-state index contributed by atoms with van der Waals surface area (Å²) in [6.07, 6.45) is 2.73. The van der Waals surface area contributed by atoms with Crippen molar-refractivity contribution in [1.82, 2.24) is 15.3 Å². The third kappa shape index (κ3) is 3.64. The van der Waals surface area contributed by atoms with E-state index in [1.807, 2.05) is 12.1 Å². The molecule has 0 spiro atoms. The van der Waals surface area contributed by atoms with E-state index in [2.05, 4.69) is 20.7 Å². The Morgan fingerprint density at radius 1 is 1.32 bits per heavy atom. The number of hydrazine groups is 1. The number of nitrogens with zero attached hydrogens (tertiary/aromatic N) is 2. The van der Waals surface area contributed by atoms with Gasteiger partial charge in [-0.2, -0.15) is 0 Å². The van der Waals surface area contributed by atoms with Crippen molar-refractivity contribution in [2.75, 3.05) is 5.43 Å². The van der Waals surface area contributed by atoms with Gasteiger partial charge in [0, 0.05) is 11.6 Å². The monoisotopic (exact) mass is 277 g/mol. The highest BCUT2D eigenvalue weighted by Gasteiger charge is 2.07. The molecule has 98 valence electrons. The fourth-order valence-electron chi connectivity index (χ4n) is 1.44. The number of carbonyl (C=O) groups is 1. The molecule has 0 fully saturated rings. The van der Waals surface area contributed by atoms with Crippen molar-refractivity contribution in [3.63, 3.8) is 0 Å². The summed E-state index contributed by atoms with van der Waals surface area (Å²) in [5.74, 6) is 5.24. The van der Waals surface area contributed by atoms with Gasteiger partial charge in [0.25, 0.3) is 5.91 Å². The molecule has 1 aromatic carbocycles. The number of anilines is 1. The summed E-state index contributed by atoms with van der Waals surface area (Å²) in [5.41, 5.74) is 3.47. The normalized spacial score (nSPS) is 10.0. The number of amides is 1. The number of rotatable bonds is 4. The molecule has 6 nitrogen and oxygen atoms in total.